The van der Waals surface area contributed by atoms with E-state index in [0.717, 1.165) is 41.4 Å². The van der Waals surface area contributed by atoms with Gasteiger partial charge in [-0.15, -0.1) is 11.3 Å². The van der Waals surface area contributed by atoms with Crippen molar-refractivity contribution in [2.24, 2.45) is 0 Å². The number of nitrogens with zero attached hydrogens (tertiary/aromatic N) is 1. The normalized spacial score (nSPS) is 20.7. The first-order chi connectivity index (χ1) is 8.54. The van der Waals surface area contributed by atoms with Gasteiger partial charge >= 0.3 is 6.18 Å². The highest BCUT2D eigenvalue weighted by molar-refractivity contribution is 7.18. The Morgan fingerprint density at radius 3 is 2.83 bits per heavy atom. The Morgan fingerprint density at radius 1 is 1.33 bits per heavy atom. The molecule has 0 spiro atoms. The maximum Gasteiger partial charge on any atom is 0.416 e. The van der Waals surface area contributed by atoms with Crippen LogP contribution in [0.5, 0.6) is 0 Å². The van der Waals surface area contributed by atoms with Gasteiger partial charge in [0, 0.05) is 12.5 Å². The Bertz CT molecular complexity index is 570. The fourth-order valence-corrected chi connectivity index (χ4v) is 3.24. The number of hydrogen-bond donors (Lipinski definition) is 1. The molecule has 0 unspecified atom stereocenters. The van der Waals surface area contributed by atoms with Crippen LogP contribution in [0.2, 0.25) is 0 Å². The van der Waals surface area contributed by atoms with Crippen LogP contribution >= 0.6 is 11.3 Å². The highest BCUT2D eigenvalue weighted by atomic mass is 32.1. The number of rotatable bonds is 1. The van der Waals surface area contributed by atoms with Gasteiger partial charge in [-0.05, 0) is 31.2 Å². The van der Waals surface area contributed by atoms with E-state index in [9.17, 15) is 13.2 Å². The van der Waals surface area contributed by atoms with Gasteiger partial charge in [0.25, 0.3) is 0 Å². The zero-order chi connectivity index (χ0) is 12.8. The molecule has 0 saturated carbocycles. The van der Waals surface area contributed by atoms with Crippen molar-refractivity contribution in [1.29, 1.82) is 0 Å². The molecule has 1 N–H and O–H groups in total. The molecule has 6 heteroatoms. The number of nitrogens with one attached hydrogen (secondary N) is 1. The van der Waals surface area contributed by atoms with E-state index in [-0.39, 0.29) is 0 Å². The van der Waals surface area contributed by atoms with E-state index in [1.54, 1.807) is 0 Å². The highest BCUT2D eigenvalue weighted by Gasteiger charge is 2.31. The minimum atomic E-state index is -4.30. The predicted octanol–water partition coefficient (Wildman–Crippen LogP) is 3.39. The second-order valence-electron chi connectivity index (χ2n) is 4.42. The molecule has 1 aliphatic rings. The average molecular weight is 272 g/mol. The van der Waals surface area contributed by atoms with Crippen molar-refractivity contribution in [2.45, 2.75) is 18.5 Å². The number of halogens is 3. The quantitative estimate of drug-likeness (QED) is 0.860. The van der Waals surface area contributed by atoms with Crippen molar-refractivity contribution in [2.75, 3.05) is 13.1 Å². The summed E-state index contributed by atoms with van der Waals surface area (Å²) in [7, 11) is 0. The molecule has 1 saturated heterocycles. The van der Waals surface area contributed by atoms with Crippen LogP contribution in [0.25, 0.3) is 10.2 Å². The topological polar surface area (TPSA) is 24.9 Å². The molecular weight excluding hydrogens is 261 g/mol. The summed E-state index contributed by atoms with van der Waals surface area (Å²) < 4.78 is 38.6. The van der Waals surface area contributed by atoms with Crippen molar-refractivity contribution in [3.8, 4) is 0 Å². The number of aromatic nitrogens is 1. The summed E-state index contributed by atoms with van der Waals surface area (Å²) in [4.78, 5) is 4.35. The van der Waals surface area contributed by atoms with E-state index in [0.29, 0.717) is 11.4 Å². The molecule has 0 aliphatic carbocycles. The lowest BCUT2D eigenvalue weighted by molar-refractivity contribution is -0.137. The zero-order valence-corrected chi connectivity index (χ0v) is 10.2. The Kier molecular flexibility index (Phi) is 2.79. The molecule has 96 valence electrons. The van der Waals surface area contributed by atoms with Crippen molar-refractivity contribution >= 4 is 21.6 Å². The largest absolute Gasteiger partial charge is 0.416 e. The third-order valence-corrected chi connectivity index (χ3v) is 4.34. The Balaban J connectivity index is 2.01. The third kappa shape index (κ3) is 2.10. The van der Waals surface area contributed by atoms with Crippen molar-refractivity contribution in [3.63, 3.8) is 0 Å². The van der Waals surface area contributed by atoms with Crippen molar-refractivity contribution < 1.29 is 13.2 Å². The molecule has 0 radical (unpaired) electrons. The summed E-state index contributed by atoms with van der Waals surface area (Å²) in [5.41, 5.74) is -0.173. The van der Waals surface area contributed by atoms with Gasteiger partial charge in [-0.1, -0.05) is 0 Å². The molecular formula is C12H11F3N2S. The van der Waals surface area contributed by atoms with Crippen LogP contribution in [0.1, 0.15) is 22.9 Å². The number of hydrogen-bond acceptors (Lipinski definition) is 3. The minimum Gasteiger partial charge on any atom is -0.316 e. The van der Waals surface area contributed by atoms with Crippen LogP contribution in [-0.4, -0.2) is 18.1 Å². The van der Waals surface area contributed by atoms with Gasteiger partial charge in [-0.2, -0.15) is 13.2 Å². The highest BCUT2D eigenvalue weighted by Crippen LogP contribution is 2.35. The van der Waals surface area contributed by atoms with Crippen LogP contribution in [0, 0.1) is 0 Å². The summed E-state index contributed by atoms with van der Waals surface area (Å²) in [6, 6.07) is 3.77. The molecule has 1 atom stereocenters. The maximum absolute atomic E-state index is 12.6. The summed E-state index contributed by atoms with van der Waals surface area (Å²) in [6.45, 7) is 1.82. The molecule has 2 heterocycles. The Labute approximate surface area is 106 Å². The fourth-order valence-electron chi connectivity index (χ4n) is 2.16. The van der Waals surface area contributed by atoms with Crippen molar-refractivity contribution in [3.05, 3.63) is 28.8 Å². The second kappa shape index (κ2) is 4.20. The standard InChI is InChI=1S/C12H11F3N2S/c13-12(14,15)8-1-2-10-9(5-8)17-11(18-10)7-3-4-16-6-7/h1-2,5,7,16H,3-4,6H2/t7-/m1/s1. The lowest BCUT2D eigenvalue weighted by Crippen LogP contribution is -2.07. The average Bonchev–Trinajstić information content (AvgIpc) is 2.95. The van der Waals surface area contributed by atoms with Crippen LogP contribution in [0.15, 0.2) is 18.2 Å². The van der Waals surface area contributed by atoms with Gasteiger partial charge in [0.2, 0.25) is 0 Å². The van der Waals surface area contributed by atoms with E-state index in [4.69, 9.17) is 0 Å². The molecule has 0 bridgehead atoms. The fraction of sp³-hybridized carbons (Fsp3) is 0.417. The van der Waals surface area contributed by atoms with Crippen LogP contribution in [0.3, 0.4) is 0 Å². The number of alkyl halides is 3. The number of benzene rings is 1. The summed E-state index contributed by atoms with van der Waals surface area (Å²) in [5.74, 6) is 0.344. The SMILES string of the molecule is FC(F)(F)c1ccc2sc([C@@H]3CCNC3)nc2c1. The van der Waals surface area contributed by atoms with Crippen LogP contribution in [0.4, 0.5) is 13.2 Å². The first-order valence-corrected chi connectivity index (χ1v) is 6.54. The summed E-state index contributed by atoms with van der Waals surface area (Å²) >= 11 is 1.50. The molecule has 2 nitrogen and oxygen atoms in total. The first-order valence-electron chi connectivity index (χ1n) is 5.72. The lowest BCUT2D eigenvalue weighted by Gasteiger charge is -2.04. The van der Waals surface area contributed by atoms with Gasteiger partial charge in [-0.3, -0.25) is 0 Å². The monoisotopic (exact) mass is 272 g/mol. The van der Waals surface area contributed by atoms with Crippen molar-refractivity contribution in [1.82, 2.24) is 10.3 Å². The van der Waals surface area contributed by atoms with E-state index in [1.165, 1.54) is 17.4 Å². The van der Waals surface area contributed by atoms with E-state index < -0.39 is 11.7 Å². The molecule has 1 aliphatic heterocycles. The van der Waals surface area contributed by atoms with Gasteiger partial charge < -0.3 is 5.32 Å². The minimum absolute atomic E-state index is 0.344. The van der Waals surface area contributed by atoms with Crippen LogP contribution in [-0.2, 0) is 6.18 Å². The molecule has 1 fully saturated rings. The summed E-state index contributed by atoms with van der Waals surface area (Å²) in [5, 5.41) is 4.18. The molecule has 1 aromatic heterocycles. The molecule has 2 aromatic rings. The smallest absolute Gasteiger partial charge is 0.316 e. The van der Waals surface area contributed by atoms with Crippen LogP contribution < -0.4 is 5.32 Å². The van der Waals surface area contributed by atoms with E-state index in [2.05, 4.69) is 10.3 Å². The first kappa shape index (κ1) is 11.9. The molecule has 18 heavy (non-hydrogen) atoms. The van der Waals surface area contributed by atoms with Gasteiger partial charge in [0.05, 0.1) is 20.8 Å². The van der Waals surface area contributed by atoms with E-state index >= 15 is 0 Å². The van der Waals surface area contributed by atoms with E-state index in [1.807, 2.05) is 0 Å². The predicted molar refractivity (Wildman–Crippen MR) is 64.8 cm³/mol. The molecule has 3 rings (SSSR count). The van der Waals surface area contributed by atoms with Gasteiger partial charge in [0.15, 0.2) is 0 Å². The number of fused-ring (bicyclic) bond motifs is 1. The molecule has 1 aromatic carbocycles. The third-order valence-electron chi connectivity index (χ3n) is 3.14. The Morgan fingerprint density at radius 2 is 2.17 bits per heavy atom. The second-order valence-corrected chi connectivity index (χ2v) is 5.48. The number of thiazole rings is 1. The molecule has 0 amide bonds. The summed E-state index contributed by atoms with van der Waals surface area (Å²) in [6.07, 6.45) is -3.29. The maximum atomic E-state index is 12.6. The van der Waals surface area contributed by atoms with Gasteiger partial charge in [0.1, 0.15) is 0 Å². The lowest BCUT2D eigenvalue weighted by atomic mass is 10.1. The zero-order valence-electron chi connectivity index (χ0n) is 9.42. The van der Waals surface area contributed by atoms with Gasteiger partial charge in [-0.25, -0.2) is 4.98 Å². The Hall–Kier alpha value is -1.14.